The lowest BCUT2D eigenvalue weighted by atomic mass is 9.91. The summed E-state index contributed by atoms with van der Waals surface area (Å²) in [6, 6.07) is 15.0. The van der Waals surface area contributed by atoms with Gasteiger partial charge in [0.05, 0.1) is 5.69 Å². The van der Waals surface area contributed by atoms with Crippen molar-refractivity contribution in [1.29, 1.82) is 0 Å². The molecule has 0 aliphatic carbocycles. The highest BCUT2D eigenvalue weighted by molar-refractivity contribution is 7.13. The Bertz CT molecular complexity index is 1190. The number of aryl methyl sites for hydroxylation is 2. The SMILES string of the molecule is Cc1ccc(-c2nc(CCNC(=O)CN3C(=O)NC(C)(c4ccc(C)cc4)C3=O)cs2)cc1. The van der Waals surface area contributed by atoms with Crippen LogP contribution in [0.4, 0.5) is 4.79 Å². The Labute approximate surface area is 196 Å². The largest absolute Gasteiger partial charge is 0.354 e. The standard InChI is InChI=1S/C25H26N4O3S/c1-16-4-8-18(9-5-16)22-27-20(15-33-22)12-13-26-21(30)14-29-23(31)25(3,28-24(29)32)19-10-6-17(2)7-11-19/h4-11,15H,12-14H2,1-3H3,(H,26,30)(H,28,32). The van der Waals surface area contributed by atoms with Crippen LogP contribution in [0.5, 0.6) is 0 Å². The maximum atomic E-state index is 13.0. The average molecular weight is 463 g/mol. The fourth-order valence-corrected chi connectivity index (χ4v) is 4.56. The van der Waals surface area contributed by atoms with E-state index in [2.05, 4.69) is 27.8 Å². The number of imide groups is 1. The van der Waals surface area contributed by atoms with Crippen molar-refractivity contribution in [2.75, 3.05) is 13.1 Å². The fraction of sp³-hybridized carbons (Fsp3) is 0.280. The number of thiazole rings is 1. The summed E-state index contributed by atoms with van der Waals surface area (Å²) in [6.07, 6.45) is 0.565. The van der Waals surface area contributed by atoms with E-state index in [0.717, 1.165) is 26.7 Å². The molecule has 3 aromatic rings. The second-order valence-electron chi connectivity index (χ2n) is 8.42. The molecule has 1 atom stereocenters. The fourth-order valence-electron chi connectivity index (χ4n) is 3.70. The first kappa shape index (κ1) is 22.7. The van der Waals surface area contributed by atoms with E-state index in [1.165, 1.54) is 5.56 Å². The molecule has 2 aromatic carbocycles. The Kier molecular flexibility index (Phi) is 6.29. The van der Waals surface area contributed by atoms with Gasteiger partial charge in [-0.2, -0.15) is 0 Å². The Hall–Kier alpha value is -3.52. The highest BCUT2D eigenvalue weighted by Gasteiger charge is 2.49. The Morgan fingerprint density at radius 3 is 2.36 bits per heavy atom. The minimum absolute atomic E-state index is 0.322. The Balaban J connectivity index is 1.31. The summed E-state index contributed by atoms with van der Waals surface area (Å²) in [5.74, 6) is -0.825. The maximum absolute atomic E-state index is 13.0. The van der Waals surface area contributed by atoms with Crippen molar-refractivity contribution in [3.05, 3.63) is 76.3 Å². The zero-order valence-corrected chi connectivity index (χ0v) is 19.7. The number of aromatic nitrogens is 1. The van der Waals surface area contributed by atoms with Crippen LogP contribution >= 0.6 is 11.3 Å². The molecule has 1 aliphatic heterocycles. The van der Waals surface area contributed by atoms with Crippen molar-refractivity contribution >= 4 is 29.2 Å². The molecular weight excluding hydrogens is 436 g/mol. The van der Waals surface area contributed by atoms with E-state index in [9.17, 15) is 14.4 Å². The van der Waals surface area contributed by atoms with Crippen LogP contribution in [0, 0.1) is 13.8 Å². The third-order valence-corrected chi connectivity index (χ3v) is 6.70. The van der Waals surface area contributed by atoms with E-state index in [-0.39, 0.29) is 12.5 Å². The summed E-state index contributed by atoms with van der Waals surface area (Å²) in [4.78, 5) is 43.4. The number of nitrogens with one attached hydrogen (secondary N) is 2. The van der Waals surface area contributed by atoms with Gasteiger partial charge in [0, 0.05) is 23.9 Å². The van der Waals surface area contributed by atoms with E-state index in [4.69, 9.17) is 0 Å². The molecule has 1 aliphatic rings. The first-order chi connectivity index (χ1) is 15.8. The smallest absolute Gasteiger partial charge is 0.325 e. The molecule has 2 N–H and O–H groups in total. The predicted octanol–water partition coefficient (Wildman–Crippen LogP) is 3.55. The molecule has 7 nitrogen and oxygen atoms in total. The number of hydrogen-bond donors (Lipinski definition) is 2. The number of benzene rings is 2. The van der Waals surface area contributed by atoms with Crippen molar-refractivity contribution < 1.29 is 14.4 Å². The normalized spacial score (nSPS) is 17.8. The molecule has 1 aromatic heterocycles. The summed E-state index contributed by atoms with van der Waals surface area (Å²) in [7, 11) is 0. The molecule has 2 heterocycles. The van der Waals surface area contributed by atoms with Gasteiger partial charge in [0.15, 0.2) is 0 Å². The topological polar surface area (TPSA) is 91.4 Å². The van der Waals surface area contributed by atoms with Crippen LogP contribution in [0.1, 0.15) is 29.3 Å². The van der Waals surface area contributed by atoms with Gasteiger partial charge in [-0.25, -0.2) is 9.78 Å². The van der Waals surface area contributed by atoms with Gasteiger partial charge >= 0.3 is 6.03 Å². The minimum Gasteiger partial charge on any atom is -0.354 e. The van der Waals surface area contributed by atoms with Crippen molar-refractivity contribution in [3.63, 3.8) is 0 Å². The van der Waals surface area contributed by atoms with Crippen molar-refractivity contribution in [2.45, 2.75) is 32.7 Å². The van der Waals surface area contributed by atoms with Gasteiger partial charge in [0.2, 0.25) is 5.91 Å². The van der Waals surface area contributed by atoms with E-state index in [1.807, 2.05) is 55.6 Å². The molecule has 0 spiro atoms. The van der Waals surface area contributed by atoms with Gasteiger partial charge in [0.25, 0.3) is 5.91 Å². The summed E-state index contributed by atoms with van der Waals surface area (Å²) in [5, 5.41) is 8.42. The average Bonchev–Trinajstić information content (AvgIpc) is 3.34. The first-order valence-corrected chi connectivity index (χ1v) is 11.6. The monoisotopic (exact) mass is 462 g/mol. The van der Waals surface area contributed by atoms with Crippen LogP contribution < -0.4 is 10.6 Å². The van der Waals surface area contributed by atoms with Gasteiger partial charge < -0.3 is 10.6 Å². The molecule has 170 valence electrons. The maximum Gasteiger partial charge on any atom is 0.325 e. The van der Waals surface area contributed by atoms with Gasteiger partial charge in [0.1, 0.15) is 17.1 Å². The van der Waals surface area contributed by atoms with Crippen molar-refractivity contribution in [3.8, 4) is 10.6 Å². The number of carbonyl (C=O) groups excluding carboxylic acids is 3. The highest BCUT2D eigenvalue weighted by Crippen LogP contribution is 2.29. The third-order valence-electron chi connectivity index (χ3n) is 5.76. The Morgan fingerprint density at radius 1 is 1.06 bits per heavy atom. The number of carbonyl (C=O) groups is 3. The summed E-state index contributed by atoms with van der Waals surface area (Å²) in [5.41, 5.74) is 3.71. The molecular formula is C25H26N4O3S. The van der Waals surface area contributed by atoms with Gasteiger partial charge in [-0.15, -0.1) is 11.3 Å². The second-order valence-corrected chi connectivity index (χ2v) is 9.28. The number of amides is 4. The molecule has 1 fully saturated rings. The highest BCUT2D eigenvalue weighted by atomic mass is 32.1. The molecule has 0 radical (unpaired) electrons. The van der Waals surface area contributed by atoms with Gasteiger partial charge in [-0.3, -0.25) is 14.5 Å². The van der Waals surface area contributed by atoms with Crippen molar-refractivity contribution in [2.24, 2.45) is 0 Å². The van der Waals surface area contributed by atoms with Crippen molar-refractivity contribution in [1.82, 2.24) is 20.5 Å². The molecule has 4 rings (SSSR count). The number of urea groups is 1. The van der Waals surface area contributed by atoms with Crippen LogP contribution in [0.25, 0.3) is 10.6 Å². The van der Waals surface area contributed by atoms with Crippen LogP contribution in [0.2, 0.25) is 0 Å². The zero-order chi connectivity index (χ0) is 23.6. The zero-order valence-electron chi connectivity index (χ0n) is 18.8. The lowest BCUT2D eigenvalue weighted by molar-refractivity contribution is -0.134. The minimum atomic E-state index is -1.18. The molecule has 0 bridgehead atoms. The summed E-state index contributed by atoms with van der Waals surface area (Å²) < 4.78 is 0. The van der Waals surface area contributed by atoms with Crippen LogP contribution in [0.3, 0.4) is 0 Å². The van der Waals surface area contributed by atoms with Gasteiger partial charge in [-0.05, 0) is 26.3 Å². The molecule has 8 heteroatoms. The van der Waals surface area contributed by atoms with E-state index in [0.29, 0.717) is 18.5 Å². The molecule has 33 heavy (non-hydrogen) atoms. The summed E-state index contributed by atoms with van der Waals surface area (Å²) in [6.45, 7) is 5.70. The number of hydrogen-bond acceptors (Lipinski definition) is 5. The van der Waals surface area contributed by atoms with E-state index < -0.39 is 17.5 Å². The number of nitrogens with zero attached hydrogens (tertiary/aromatic N) is 2. The van der Waals surface area contributed by atoms with E-state index >= 15 is 0 Å². The van der Waals surface area contributed by atoms with Crippen LogP contribution in [-0.4, -0.2) is 40.8 Å². The van der Waals surface area contributed by atoms with Crippen LogP contribution in [-0.2, 0) is 21.5 Å². The molecule has 4 amide bonds. The Morgan fingerprint density at radius 2 is 1.70 bits per heavy atom. The second kappa shape index (κ2) is 9.15. The quantitative estimate of drug-likeness (QED) is 0.526. The molecule has 1 unspecified atom stereocenters. The molecule has 0 saturated carbocycles. The lowest BCUT2D eigenvalue weighted by Gasteiger charge is -2.22. The first-order valence-electron chi connectivity index (χ1n) is 10.8. The predicted molar refractivity (Wildman–Crippen MR) is 128 cm³/mol. The van der Waals surface area contributed by atoms with E-state index in [1.54, 1.807) is 18.3 Å². The third kappa shape index (κ3) is 4.80. The molecule has 1 saturated heterocycles. The summed E-state index contributed by atoms with van der Waals surface area (Å²) >= 11 is 1.56. The van der Waals surface area contributed by atoms with Gasteiger partial charge in [-0.1, -0.05) is 59.7 Å². The van der Waals surface area contributed by atoms with Crippen LogP contribution in [0.15, 0.2) is 53.9 Å². The lowest BCUT2D eigenvalue weighted by Crippen LogP contribution is -2.43. The number of rotatable bonds is 7.